The SMILES string of the molecule is O=C1OCC=C1c1cccs1. The monoisotopic (exact) mass is 166 g/mol. The van der Waals surface area contributed by atoms with Crippen molar-refractivity contribution in [2.75, 3.05) is 6.61 Å². The summed E-state index contributed by atoms with van der Waals surface area (Å²) in [5, 5.41) is 1.95. The van der Waals surface area contributed by atoms with E-state index in [1.54, 1.807) is 11.3 Å². The fourth-order valence-electron chi connectivity index (χ4n) is 0.995. The molecular weight excluding hydrogens is 160 g/mol. The van der Waals surface area contributed by atoms with Crippen LogP contribution in [0.4, 0.5) is 0 Å². The minimum absolute atomic E-state index is 0.201. The number of ether oxygens (including phenoxy) is 1. The van der Waals surface area contributed by atoms with Gasteiger partial charge in [-0.15, -0.1) is 11.3 Å². The molecule has 0 aromatic carbocycles. The van der Waals surface area contributed by atoms with Crippen LogP contribution < -0.4 is 0 Å². The third kappa shape index (κ3) is 1.07. The minimum atomic E-state index is -0.201. The van der Waals surface area contributed by atoms with Crippen molar-refractivity contribution in [3.63, 3.8) is 0 Å². The zero-order chi connectivity index (χ0) is 7.68. The van der Waals surface area contributed by atoms with Crippen LogP contribution in [0.25, 0.3) is 5.57 Å². The summed E-state index contributed by atoms with van der Waals surface area (Å²) in [4.78, 5) is 12.0. The highest BCUT2D eigenvalue weighted by Gasteiger charge is 2.18. The Hall–Kier alpha value is -1.09. The first-order chi connectivity index (χ1) is 5.38. The second kappa shape index (κ2) is 2.51. The lowest BCUT2D eigenvalue weighted by molar-refractivity contribution is -0.133. The molecule has 1 aromatic rings. The van der Waals surface area contributed by atoms with Crippen molar-refractivity contribution in [1.82, 2.24) is 0 Å². The van der Waals surface area contributed by atoms with E-state index in [4.69, 9.17) is 4.74 Å². The molecule has 0 N–H and O–H groups in total. The Morgan fingerprint density at radius 2 is 2.45 bits per heavy atom. The van der Waals surface area contributed by atoms with Gasteiger partial charge < -0.3 is 4.74 Å². The highest BCUT2D eigenvalue weighted by molar-refractivity contribution is 7.11. The van der Waals surface area contributed by atoms with Crippen LogP contribution >= 0.6 is 11.3 Å². The van der Waals surface area contributed by atoms with E-state index in [9.17, 15) is 4.79 Å². The average Bonchev–Trinajstić information content (AvgIpc) is 2.55. The maximum Gasteiger partial charge on any atom is 0.339 e. The van der Waals surface area contributed by atoms with Gasteiger partial charge in [-0.1, -0.05) is 6.07 Å². The molecule has 0 saturated carbocycles. The first-order valence-electron chi connectivity index (χ1n) is 3.29. The second-order valence-electron chi connectivity index (χ2n) is 2.19. The molecule has 0 fully saturated rings. The summed E-state index contributed by atoms with van der Waals surface area (Å²) >= 11 is 1.55. The Kier molecular flexibility index (Phi) is 1.51. The van der Waals surface area contributed by atoms with Gasteiger partial charge in [-0.05, 0) is 17.5 Å². The molecule has 0 radical (unpaired) electrons. The number of hydrogen-bond acceptors (Lipinski definition) is 3. The van der Waals surface area contributed by atoms with Crippen molar-refractivity contribution in [2.24, 2.45) is 0 Å². The van der Waals surface area contributed by atoms with Crippen molar-refractivity contribution >= 4 is 22.9 Å². The molecule has 0 aliphatic carbocycles. The number of carbonyl (C=O) groups is 1. The number of thiophene rings is 1. The van der Waals surface area contributed by atoms with Crippen molar-refractivity contribution in [3.05, 3.63) is 28.5 Å². The fourth-order valence-corrected chi connectivity index (χ4v) is 1.75. The molecule has 2 nitrogen and oxygen atoms in total. The molecule has 0 amide bonds. The van der Waals surface area contributed by atoms with Gasteiger partial charge in [0.05, 0.1) is 5.57 Å². The fraction of sp³-hybridized carbons (Fsp3) is 0.125. The average molecular weight is 166 g/mol. The van der Waals surface area contributed by atoms with Gasteiger partial charge in [0.25, 0.3) is 0 Å². The number of hydrogen-bond donors (Lipinski definition) is 0. The largest absolute Gasteiger partial charge is 0.458 e. The molecule has 0 saturated heterocycles. The van der Waals surface area contributed by atoms with Crippen LogP contribution in [-0.2, 0) is 9.53 Å². The molecule has 0 unspecified atom stereocenters. The summed E-state index contributed by atoms with van der Waals surface area (Å²) in [6.45, 7) is 0.423. The first-order valence-corrected chi connectivity index (χ1v) is 4.17. The Balaban J connectivity index is 2.37. The Bertz CT molecular complexity index is 298. The summed E-state index contributed by atoms with van der Waals surface area (Å²) in [6.07, 6.45) is 1.81. The number of esters is 1. The van der Waals surface area contributed by atoms with Gasteiger partial charge in [0.1, 0.15) is 6.61 Å². The van der Waals surface area contributed by atoms with Crippen molar-refractivity contribution in [3.8, 4) is 0 Å². The summed E-state index contributed by atoms with van der Waals surface area (Å²) in [7, 11) is 0. The zero-order valence-electron chi connectivity index (χ0n) is 5.74. The van der Waals surface area contributed by atoms with E-state index in [0.29, 0.717) is 12.2 Å². The quantitative estimate of drug-likeness (QED) is 0.593. The molecule has 1 aliphatic heterocycles. The molecule has 2 rings (SSSR count). The van der Waals surface area contributed by atoms with Crippen molar-refractivity contribution in [1.29, 1.82) is 0 Å². The zero-order valence-corrected chi connectivity index (χ0v) is 6.56. The lowest BCUT2D eigenvalue weighted by Crippen LogP contribution is -1.96. The Morgan fingerprint density at radius 3 is 3.00 bits per heavy atom. The first kappa shape index (κ1) is 6.61. The summed E-state index contributed by atoms with van der Waals surface area (Å²) < 4.78 is 4.76. The predicted molar refractivity (Wildman–Crippen MR) is 43.3 cm³/mol. The van der Waals surface area contributed by atoms with Crippen molar-refractivity contribution < 1.29 is 9.53 Å². The second-order valence-corrected chi connectivity index (χ2v) is 3.14. The summed E-state index contributed by atoms with van der Waals surface area (Å²) in [5.74, 6) is -0.201. The van der Waals surface area contributed by atoms with E-state index >= 15 is 0 Å². The lowest BCUT2D eigenvalue weighted by atomic mass is 10.2. The standard InChI is InChI=1S/C8H6O2S/c9-8-6(3-4-10-8)7-2-1-5-11-7/h1-3,5H,4H2. The normalized spacial score (nSPS) is 16.4. The molecular formula is C8H6O2S. The number of rotatable bonds is 1. The van der Waals surface area contributed by atoms with E-state index in [-0.39, 0.29) is 5.97 Å². The molecule has 0 spiro atoms. The van der Waals surface area contributed by atoms with E-state index in [1.165, 1.54) is 0 Å². The van der Waals surface area contributed by atoms with Gasteiger partial charge in [0.2, 0.25) is 0 Å². The summed E-state index contributed by atoms with van der Waals surface area (Å²) in [5.41, 5.74) is 0.708. The van der Waals surface area contributed by atoms with Crippen LogP contribution in [0.2, 0.25) is 0 Å². The predicted octanol–water partition coefficient (Wildman–Crippen LogP) is 1.69. The minimum Gasteiger partial charge on any atom is -0.458 e. The highest BCUT2D eigenvalue weighted by Crippen LogP contribution is 2.24. The van der Waals surface area contributed by atoms with Gasteiger partial charge in [-0.3, -0.25) is 0 Å². The third-order valence-electron chi connectivity index (χ3n) is 1.51. The van der Waals surface area contributed by atoms with Gasteiger partial charge in [0.15, 0.2) is 0 Å². The van der Waals surface area contributed by atoms with Gasteiger partial charge in [-0.2, -0.15) is 0 Å². The maximum atomic E-state index is 11.0. The molecule has 1 aromatic heterocycles. The van der Waals surface area contributed by atoms with Crippen LogP contribution in [0, 0.1) is 0 Å². The van der Waals surface area contributed by atoms with Crippen LogP contribution in [-0.4, -0.2) is 12.6 Å². The van der Waals surface area contributed by atoms with E-state index in [0.717, 1.165) is 4.88 Å². The topological polar surface area (TPSA) is 26.3 Å². The molecule has 0 atom stereocenters. The molecule has 56 valence electrons. The molecule has 11 heavy (non-hydrogen) atoms. The highest BCUT2D eigenvalue weighted by atomic mass is 32.1. The lowest BCUT2D eigenvalue weighted by Gasteiger charge is -1.92. The van der Waals surface area contributed by atoms with Crippen LogP contribution in [0.1, 0.15) is 4.88 Å². The smallest absolute Gasteiger partial charge is 0.339 e. The molecule has 0 bridgehead atoms. The van der Waals surface area contributed by atoms with E-state index < -0.39 is 0 Å². The number of carbonyl (C=O) groups excluding carboxylic acids is 1. The third-order valence-corrected chi connectivity index (χ3v) is 2.41. The molecule has 1 aliphatic rings. The van der Waals surface area contributed by atoms with E-state index in [2.05, 4.69) is 0 Å². The molecule has 3 heteroatoms. The Labute approximate surface area is 68.1 Å². The van der Waals surface area contributed by atoms with Crippen LogP contribution in [0.5, 0.6) is 0 Å². The van der Waals surface area contributed by atoms with Gasteiger partial charge in [-0.25, -0.2) is 4.79 Å². The molecule has 2 heterocycles. The maximum absolute atomic E-state index is 11.0. The van der Waals surface area contributed by atoms with E-state index in [1.807, 2.05) is 23.6 Å². The van der Waals surface area contributed by atoms with Crippen molar-refractivity contribution in [2.45, 2.75) is 0 Å². The van der Waals surface area contributed by atoms with Crippen LogP contribution in [0.15, 0.2) is 23.6 Å². The number of cyclic esters (lactones) is 1. The van der Waals surface area contributed by atoms with Crippen LogP contribution in [0.3, 0.4) is 0 Å². The summed E-state index contributed by atoms with van der Waals surface area (Å²) in [6, 6.07) is 3.84. The van der Waals surface area contributed by atoms with Gasteiger partial charge >= 0.3 is 5.97 Å². The Morgan fingerprint density at radius 1 is 1.55 bits per heavy atom. The van der Waals surface area contributed by atoms with Gasteiger partial charge in [0, 0.05) is 4.88 Å².